The Kier molecular flexibility index (Phi) is 4.11. The van der Waals surface area contributed by atoms with E-state index in [-0.39, 0.29) is 0 Å². The fraction of sp³-hybridized carbons (Fsp3) is 0.727. The summed E-state index contributed by atoms with van der Waals surface area (Å²) in [5, 5.41) is 3.50. The van der Waals surface area contributed by atoms with Crippen LogP contribution < -0.4 is 11.1 Å². The number of nitrogens with zero attached hydrogens (tertiary/aromatic N) is 1. The summed E-state index contributed by atoms with van der Waals surface area (Å²) in [5.74, 6) is 0.831. The van der Waals surface area contributed by atoms with Gasteiger partial charge < -0.3 is 11.1 Å². The van der Waals surface area contributed by atoms with Gasteiger partial charge in [0.1, 0.15) is 0 Å². The van der Waals surface area contributed by atoms with Gasteiger partial charge in [-0.2, -0.15) is 0 Å². The van der Waals surface area contributed by atoms with Crippen LogP contribution in [0.2, 0.25) is 0 Å². The number of rotatable bonds is 4. The predicted octanol–water partition coefficient (Wildman–Crippen LogP) is 1.75. The van der Waals surface area contributed by atoms with E-state index in [9.17, 15) is 0 Å². The van der Waals surface area contributed by atoms with Gasteiger partial charge in [0, 0.05) is 23.7 Å². The van der Waals surface area contributed by atoms with Gasteiger partial charge in [0.25, 0.3) is 0 Å². The Labute approximate surface area is 95.1 Å². The minimum absolute atomic E-state index is 0.461. The zero-order valence-electron chi connectivity index (χ0n) is 8.98. The standard InChI is InChI=1S/C11H19N3S/c12-10-3-1-9(2-4-10)5-13-6-11-7-14-8-15-11/h7-10,13H,1-6,12H2. The van der Waals surface area contributed by atoms with Crippen LogP contribution in [0, 0.1) is 5.92 Å². The van der Waals surface area contributed by atoms with Crippen molar-refractivity contribution in [2.75, 3.05) is 6.54 Å². The Morgan fingerprint density at radius 1 is 1.40 bits per heavy atom. The summed E-state index contributed by atoms with van der Waals surface area (Å²) in [6.07, 6.45) is 6.92. The number of thiazole rings is 1. The van der Waals surface area contributed by atoms with Crippen molar-refractivity contribution in [2.45, 2.75) is 38.3 Å². The predicted molar refractivity (Wildman–Crippen MR) is 63.8 cm³/mol. The van der Waals surface area contributed by atoms with Crippen molar-refractivity contribution in [2.24, 2.45) is 11.7 Å². The second-order valence-electron chi connectivity index (χ2n) is 4.38. The van der Waals surface area contributed by atoms with Gasteiger partial charge in [-0.25, -0.2) is 0 Å². The van der Waals surface area contributed by atoms with Crippen LogP contribution in [0.3, 0.4) is 0 Å². The molecule has 1 heterocycles. The molecule has 4 heteroatoms. The molecule has 0 spiro atoms. The molecule has 0 saturated heterocycles. The first-order chi connectivity index (χ1) is 7.34. The first-order valence-corrected chi connectivity index (χ1v) is 6.56. The van der Waals surface area contributed by atoms with Crippen molar-refractivity contribution in [1.29, 1.82) is 0 Å². The molecule has 15 heavy (non-hydrogen) atoms. The van der Waals surface area contributed by atoms with E-state index in [4.69, 9.17) is 5.73 Å². The Bertz CT molecular complexity index is 265. The number of nitrogens with two attached hydrogens (primary N) is 1. The molecule has 3 nitrogen and oxygen atoms in total. The average Bonchev–Trinajstić information content (AvgIpc) is 2.74. The van der Waals surface area contributed by atoms with Gasteiger partial charge in [0.15, 0.2) is 0 Å². The van der Waals surface area contributed by atoms with Crippen molar-refractivity contribution in [3.63, 3.8) is 0 Å². The quantitative estimate of drug-likeness (QED) is 0.821. The molecular weight excluding hydrogens is 206 g/mol. The highest BCUT2D eigenvalue weighted by molar-refractivity contribution is 7.09. The monoisotopic (exact) mass is 225 g/mol. The fourth-order valence-corrected chi connectivity index (χ4v) is 2.69. The van der Waals surface area contributed by atoms with Crippen LogP contribution in [-0.2, 0) is 6.54 Å². The highest BCUT2D eigenvalue weighted by Crippen LogP contribution is 2.22. The van der Waals surface area contributed by atoms with Gasteiger partial charge in [-0.05, 0) is 38.1 Å². The van der Waals surface area contributed by atoms with E-state index in [1.807, 2.05) is 11.7 Å². The molecule has 1 fully saturated rings. The Balaban J connectivity index is 1.62. The summed E-state index contributed by atoms with van der Waals surface area (Å²) in [5.41, 5.74) is 7.76. The third-order valence-corrected chi connectivity index (χ3v) is 3.89. The summed E-state index contributed by atoms with van der Waals surface area (Å²) >= 11 is 1.72. The molecule has 0 aliphatic heterocycles. The molecule has 0 aromatic carbocycles. The number of hydrogen-bond acceptors (Lipinski definition) is 4. The Morgan fingerprint density at radius 3 is 2.87 bits per heavy atom. The van der Waals surface area contributed by atoms with Crippen LogP contribution in [0.1, 0.15) is 30.6 Å². The van der Waals surface area contributed by atoms with E-state index in [2.05, 4.69) is 10.3 Å². The molecule has 0 atom stereocenters. The van der Waals surface area contributed by atoms with Crippen molar-refractivity contribution in [3.05, 3.63) is 16.6 Å². The van der Waals surface area contributed by atoms with Gasteiger partial charge in [-0.15, -0.1) is 11.3 Å². The third kappa shape index (κ3) is 3.55. The van der Waals surface area contributed by atoms with Crippen molar-refractivity contribution in [3.8, 4) is 0 Å². The molecule has 1 aliphatic rings. The number of nitrogens with one attached hydrogen (secondary N) is 1. The summed E-state index contributed by atoms with van der Waals surface area (Å²) in [4.78, 5) is 5.38. The zero-order chi connectivity index (χ0) is 10.5. The van der Waals surface area contributed by atoms with Gasteiger partial charge in [-0.1, -0.05) is 0 Å². The van der Waals surface area contributed by atoms with E-state index in [0.29, 0.717) is 6.04 Å². The third-order valence-electron chi connectivity index (χ3n) is 3.11. The van der Waals surface area contributed by atoms with Crippen LogP contribution in [0.5, 0.6) is 0 Å². The van der Waals surface area contributed by atoms with Gasteiger partial charge in [0.2, 0.25) is 0 Å². The lowest BCUT2D eigenvalue weighted by Crippen LogP contribution is -2.31. The van der Waals surface area contributed by atoms with Crippen LogP contribution >= 0.6 is 11.3 Å². The smallest absolute Gasteiger partial charge is 0.0794 e. The average molecular weight is 225 g/mol. The lowest BCUT2D eigenvalue weighted by Gasteiger charge is -2.26. The van der Waals surface area contributed by atoms with Crippen molar-refractivity contribution >= 4 is 11.3 Å². The molecule has 1 aliphatic carbocycles. The van der Waals surface area contributed by atoms with E-state index in [1.165, 1.54) is 30.6 Å². The van der Waals surface area contributed by atoms with Crippen LogP contribution in [0.15, 0.2) is 11.7 Å². The van der Waals surface area contributed by atoms with E-state index in [0.717, 1.165) is 19.0 Å². The first-order valence-electron chi connectivity index (χ1n) is 5.68. The molecule has 1 aromatic rings. The lowest BCUT2D eigenvalue weighted by atomic mass is 9.86. The topological polar surface area (TPSA) is 50.9 Å². The van der Waals surface area contributed by atoms with Crippen LogP contribution in [-0.4, -0.2) is 17.6 Å². The largest absolute Gasteiger partial charge is 0.328 e. The number of hydrogen-bond donors (Lipinski definition) is 2. The van der Waals surface area contributed by atoms with Crippen LogP contribution in [0.4, 0.5) is 0 Å². The molecule has 0 radical (unpaired) electrons. The minimum Gasteiger partial charge on any atom is -0.328 e. The molecule has 84 valence electrons. The molecule has 0 unspecified atom stereocenters. The van der Waals surface area contributed by atoms with Gasteiger partial charge in [0.05, 0.1) is 5.51 Å². The lowest BCUT2D eigenvalue weighted by molar-refractivity contribution is 0.314. The Hall–Kier alpha value is -0.450. The molecule has 0 bridgehead atoms. The van der Waals surface area contributed by atoms with Gasteiger partial charge >= 0.3 is 0 Å². The highest BCUT2D eigenvalue weighted by atomic mass is 32.1. The fourth-order valence-electron chi connectivity index (χ4n) is 2.12. The summed E-state index contributed by atoms with van der Waals surface area (Å²) in [6, 6.07) is 0.461. The maximum atomic E-state index is 5.88. The summed E-state index contributed by atoms with van der Waals surface area (Å²) in [7, 11) is 0. The molecule has 3 N–H and O–H groups in total. The highest BCUT2D eigenvalue weighted by Gasteiger charge is 2.17. The molecule has 2 rings (SSSR count). The number of aromatic nitrogens is 1. The van der Waals surface area contributed by atoms with Crippen LogP contribution in [0.25, 0.3) is 0 Å². The maximum Gasteiger partial charge on any atom is 0.0794 e. The normalized spacial score (nSPS) is 26.7. The maximum absolute atomic E-state index is 5.88. The van der Waals surface area contributed by atoms with Crippen molar-refractivity contribution in [1.82, 2.24) is 10.3 Å². The van der Waals surface area contributed by atoms with Crippen molar-refractivity contribution < 1.29 is 0 Å². The summed E-state index contributed by atoms with van der Waals surface area (Å²) < 4.78 is 0. The van der Waals surface area contributed by atoms with E-state index < -0.39 is 0 Å². The first kappa shape index (κ1) is 11.0. The van der Waals surface area contributed by atoms with E-state index >= 15 is 0 Å². The molecule has 1 saturated carbocycles. The van der Waals surface area contributed by atoms with Gasteiger partial charge in [-0.3, -0.25) is 4.98 Å². The molecule has 0 amide bonds. The second kappa shape index (κ2) is 5.58. The second-order valence-corrected chi connectivity index (χ2v) is 5.35. The minimum atomic E-state index is 0.461. The SMILES string of the molecule is NC1CCC(CNCc2cncs2)CC1. The molecule has 1 aromatic heterocycles. The summed E-state index contributed by atoms with van der Waals surface area (Å²) in [6.45, 7) is 2.10. The van der Waals surface area contributed by atoms with E-state index in [1.54, 1.807) is 11.3 Å². The molecular formula is C11H19N3S. The Morgan fingerprint density at radius 2 is 2.20 bits per heavy atom. The zero-order valence-corrected chi connectivity index (χ0v) is 9.80.